The average molecular weight is 334 g/mol. The van der Waals surface area contributed by atoms with Gasteiger partial charge in [-0.05, 0) is 41.8 Å². The van der Waals surface area contributed by atoms with Gasteiger partial charge in [-0.1, -0.05) is 18.2 Å². The van der Waals surface area contributed by atoms with Crippen molar-refractivity contribution in [3.05, 3.63) is 60.4 Å². The quantitative estimate of drug-likeness (QED) is 0.704. The minimum atomic E-state index is -0.868. The molecule has 2 aromatic heterocycles. The standard InChI is InChI=1S/C19H18N4O2/c20-16-3-1-14(2-4-16)17-12-21-18-11-15(7-10-23(17)18)13-5-8-22(9-6-13)19(24)25/h1-5,7,10-12H,6,8-9,20H2,(H,24,25). The number of rotatable bonds is 2. The fourth-order valence-electron chi connectivity index (χ4n) is 3.15. The molecule has 1 amide bonds. The third-order valence-corrected chi connectivity index (χ3v) is 4.57. The Morgan fingerprint density at radius 2 is 1.96 bits per heavy atom. The summed E-state index contributed by atoms with van der Waals surface area (Å²) in [6, 6.07) is 11.8. The molecule has 4 rings (SSSR count). The lowest BCUT2D eigenvalue weighted by molar-refractivity contribution is 0.150. The molecule has 1 aliphatic rings. The minimum Gasteiger partial charge on any atom is -0.465 e. The molecule has 0 saturated heterocycles. The highest BCUT2D eigenvalue weighted by atomic mass is 16.4. The molecule has 25 heavy (non-hydrogen) atoms. The van der Waals surface area contributed by atoms with E-state index in [1.54, 1.807) is 0 Å². The third-order valence-electron chi connectivity index (χ3n) is 4.57. The van der Waals surface area contributed by atoms with Crippen molar-refractivity contribution >= 4 is 23.0 Å². The van der Waals surface area contributed by atoms with Gasteiger partial charge in [0, 0.05) is 30.5 Å². The Bertz CT molecular complexity index is 973. The number of pyridine rings is 1. The number of nitrogens with two attached hydrogens (primary N) is 1. The first-order valence-corrected chi connectivity index (χ1v) is 8.12. The lowest BCUT2D eigenvalue weighted by Crippen LogP contribution is -2.33. The molecule has 3 heterocycles. The van der Waals surface area contributed by atoms with E-state index in [0.29, 0.717) is 19.5 Å². The van der Waals surface area contributed by atoms with Crippen LogP contribution in [0.3, 0.4) is 0 Å². The van der Waals surface area contributed by atoms with Crippen molar-refractivity contribution in [1.82, 2.24) is 14.3 Å². The maximum absolute atomic E-state index is 11.0. The molecule has 3 N–H and O–H groups in total. The fraction of sp³-hybridized carbons (Fsp3) is 0.158. The van der Waals surface area contributed by atoms with E-state index in [1.807, 2.05) is 53.2 Å². The molecule has 0 bridgehead atoms. The first kappa shape index (κ1) is 15.3. The molecule has 0 atom stereocenters. The molecule has 3 aromatic rings. The van der Waals surface area contributed by atoms with E-state index in [9.17, 15) is 4.79 Å². The summed E-state index contributed by atoms with van der Waals surface area (Å²) in [5.74, 6) is 0. The predicted octanol–water partition coefficient (Wildman–Crippen LogP) is 3.35. The van der Waals surface area contributed by atoms with Gasteiger partial charge in [-0.25, -0.2) is 9.78 Å². The summed E-state index contributed by atoms with van der Waals surface area (Å²) in [4.78, 5) is 16.9. The maximum Gasteiger partial charge on any atom is 0.407 e. The Balaban J connectivity index is 1.66. The van der Waals surface area contributed by atoms with E-state index in [2.05, 4.69) is 11.1 Å². The van der Waals surface area contributed by atoms with Gasteiger partial charge in [-0.2, -0.15) is 0 Å². The van der Waals surface area contributed by atoms with E-state index in [4.69, 9.17) is 10.8 Å². The van der Waals surface area contributed by atoms with Crippen LogP contribution in [-0.2, 0) is 0 Å². The van der Waals surface area contributed by atoms with Crippen molar-refractivity contribution in [2.24, 2.45) is 0 Å². The van der Waals surface area contributed by atoms with E-state index in [0.717, 1.165) is 33.7 Å². The van der Waals surface area contributed by atoms with Gasteiger partial charge >= 0.3 is 6.09 Å². The molecule has 1 aromatic carbocycles. The number of anilines is 1. The topological polar surface area (TPSA) is 83.9 Å². The second kappa shape index (κ2) is 5.98. The summed E-state index contributed by atoms with van der Waals surface area (Å²) >= 11 is 0. The van der Waals surface area contributed by atoms with E-state index < -0.39 is 6.09 Å². The van der Waals surface area contributed by atoms with Gasteiger partial charge in [-0.15, -0.1) is 0 Å². The van der Waals surface area contributed by atoms with E-state index >= 15 is 0 Å². The second-order valence-corrected chi connectivity index (χ2v) is 6.12. The molecular formula is C19H18N4O2. The number of aromatic nitrogens is 2. The van der Waals surface area contributed by atoms with Crippen molar-refractivity contribution in [3.8, 4) is 11.3 Å². The van der Waals surface area contributed by atoms with Crippen LogP contribution in [0.4, 0.5) is 10.5 Å². The molecule has 0 radical (unpaired) electrons. The number of fused-ring (bicyclic) bond motifs is 1. The minimum absolute atomic E-state index is 0.432. The molecule has 6 heteroatoms. The van der Waals surface area contributed by atoms with Crippen molar-refractivity contribution in [2.75, 3.05) is 18.8 Å². The normalized spacial score (nSPS) is 14.6. The molecular weight excluding hydrogens is 316 g/mol. The summed E-state index contributed by atoms with van der Waals surface area (Å²) in [5, 5.41) is 9.04. The Labute approximate surface area is 144 Å². The van der Waals surface area contributed by atoms with Crippen molar-refractivity contribution in [2.45, 2.75) is 6.42 Å². The number of benzene rings is 1. The van der Waals surface area contributed by atoms with Crippen LogP contribution in [0.25, 0.3) is 22.5 Å². The molecule has 0 spiro atoms. The van der Waals surface area contributed by atoms with Crippen LogP contribution in [0.15, 0.2) is 54.9 Å². The van der Waals surface area contributed by atoms with Gasteiger partial charge < -0.3 is 15.7 Å². The summed E-state index contributed by atoms with van der Waals surface area (Å²) < 4.78 is 2.04. The number of nitrogens with zero attached hydrogens (tertiary/aromatic N) is 3. The van der Waals surface area contributed by atoms with Crippen molar-refractivity contribution < 1.29 is 9.90 Å². The molecule has 0 unspecified atom stereocenters. The number of hydrogen-bond acceptors (Lipinski definition) is 3. The summed E-state index contributed by atoms with van der Waals surface area (Å²) in [7, 11) is 0. The summed E-state index contributed by atoms with van der Waals surface area (Å²) in [6.45, 7) is 0.957. The first-order valence-electron chi connectivity index (χ1n) is 8.12. The van der Waals surface area contributed by atoms with Crippen molar-refractivity contribution in [3.63, 3.8) is 0 Å². The lowest BCUT2D eigenvalue weighted by Gasteiger charge is -2.23. The zero-order valence-corrected chi connectivity index (χ0v) is 13.6. The molecule has 1 aliphatic heterocycles. The number of imidazole rings is 1. The highest BCUT2D eigenvalue weighted by molar-refractivity contribution is 5.74. The van der Waals surface area contributed by atoms with Crippen LogP contribution in [-0.4, -0.2) is 38.6 Å². The van der Waals surface area contributed by atoms with Gasteiger partial charge in [0.25, 0.3) is 0 Å². The third kappa shape index (κ3) is 2.82. The Morgan fingerprint density at radius 1 is 1.16 bits per heavy atom. The number of nitrogen functional groups attached to an aromatic ring is 1. The van der Waals surface area contributed by atoms with E-state index in [-0.39, 0.29) is 0 Å². The highest BCUT2D eigenvalue weighted by Gasteiger charge is 2.17. The second-order valence-electron chi connectivity index (χ2n) is 6.12. The number of amides is 1. The molecule has 0 fully saturated rings. The van der Waals surface area contributed by atoms with Crippen molar-refractivity contribution in [1.29, 1.82) is 0 Å². The van der Waals surface area contributed by atoms with Crippen LogP contribution in [0.1, 0.15) is 12.0 Å². The lowest BCUT2D eigenvalue weighted by atomic mass is 10.0. The van der Waals surface area contributed by atoms with Crippen LogP contribution < -0.4 is 5.73 Å². The summed E-state index contributed by atoms with van der Waals surface area (Å²) in [6.07, 6.45) is 5.69. The van der Waals surface area contributed by atoms with Crippen LogP contribution in [0.5, 0.6) is 0 Å². The SMILES string of the molecule is Nc1ccc(-c2cnc3cc(C4=CCN(C(=O)O)CC4)ccn23)cc1. The predicted molar refractivity (Wildman–Crippen MR) is 97.2 cm³/mol. The molecule has 0 aliphatic carbocycles. The van der Waals surface area contributed by atoms with E-state index in [1.165, 1.54) is 4.90 Å². The largest absolute Gasteiger partial charge is 0.465 e. The molecule has 126 valence electrons. The zero-order valence-electron chi connectivity index (χ0n) is 13.6. The number of hydrogen-bond donors (Lipinski definition) is 2. The average Bonchev–Trinajstić information content (AvgIpc) is 3.05. The number of carbonyl (C=O) groups is 1. The molecule has 6 nitrogen and oxygen atoms in total. The van der Waals surface area contributed by atoms with Gasteiger partial charge in [0.2, 0.25) is 0 Å². The highest BCUT2D eigenvalue weighted by Crippen LogP contribution is 2.26. The van der Waals surface area contributed by atoms with Gasteiger partial charge in [0.05, 0.1) is 11.9 Å². The Morgan fingerprint density at radius 3 is 2.64 bits per heavy atom. The zero-order chi connectivity index (χ0) is 17.4. The van der Waals surface area contributed by atoms with Crippen LogP contribution in [0, 0.1) is 0 Å². The number of carboxylic acid groups (broad SMARTS) is 1. The Hall–Kier alpha value is -3.28. The van der Waals surface area contributed by atoms with Crippen LogP contribution >= 0.6 is 0 Å². The maximum atomic E-state index is 11.0. The molecule has 0 saturated carbocycles. The van der Waals surface area contributed by atoms with Gasteiger partial charge in [0.1, 0.15) is 5.65 Å². The van der Waals surface area contributed by atoms with Gasteiger partial charge in [-0.3, -0.25) is 4.40 Å². The monoisotopic (exact) mass is 334 g/mol. The Kier molecular flexibility index (Phi) is 3.65. The van der Waals surface area contributed by atoms with Gasteiger partial charge in [0.15, 0.2) is 0 Å². The summed E-state index contributed by atoms with van der Waals surface area (Å²) in [5.41, 5.74) is 11.7. The fourth-order valence-corrected chi connectivity index (χ4v) is 3.15. The smallest absolute Gasteiger partial charge is 0.407 e. The van der Waals surface area contributed by atoms with Crippen LogP contribution in [0.2, 0.25) is 0 Å². The first-order chi connectivity index (χ1) is 12.1.